The van der Waals surface area contributed by atoms with Crippen LogP contribution in [0.15, 0.2) is 59.7 Å². The summed E-state index contributed by atoms with van der Waals surface area (Å²) >= 11 is 0. The van der Waals surface area contributed by atoms with Gasteiger partial charge in [-0.2, -0.15) is 5.10 Å². The van der Waals surface area contributed by atoms with E-state index in [4.69, 9.17) is 14.2 Å². The van der Waals surface area contributed by atoms with E-state index in [1.807, 2.05) is 26.0 Å². The molecular weight excluding hydrogens is 472 g/mol. The summed E-state index contributed by atoms with van der Waals surface area (Å²) in [5.74, 6) is 0.280. The van der Waals surface area contributed by atoms with Crippen LogP contribution in [0, 0.1) is 34.1 Å². The fourth-order valence-corrected chi connectivity index (χ4v) is 2.98. The van der Waals surface area contributed by atoms with Crippen LogP contribution >= 0.6 is 0 Å². The van der Waals surface area contributed by atoms with Gasteiger partial charge in [0.2, 0.25) is 5.75 Å². The van der Waals surface area contributed by atoms with Crippen molar-refractivity contribution in [1.82, 2.24) is 5.43 Å². The lowest BCUT2D eigenvalue weighted by atomic mass is 10.1. The van der Waals surface area contributed by atoms with Crippen molar-refractivity contribution in [3.05, 3.63) is 91.5 Å². The van der Waals surface area contributed by atoms with Crippen molar-refractivity contribution in [2.45, 2.75) is 13.8 Å². The second kappa shape index (κ2) is 11.4. The van der Waals surface area contributed by atoms with Crippen LogP contribution in [0.2, 0.25) is 0 Å². The number of non-ortho nitro benzene ring substituents is 1. The van der Waals surface area contributed by atoms with Crippen LogP contribution in [0.3, 0.4) is 0 Å². The topological polar surface area (TPSA) is 155 Å². The van der Waals surface area contributed by atoms with Crippen LogP contribution in [0.5, 0.6) is 23.0 Å². The van der Waals surface area contributed by atoms with E-state index in [1.54, 1.807) is 12.1 Å². The Hall–Kier alpha value is -5.00. The maximum Gasteiger partial charge on any atom is 0.318 e. The molecule has 0 fully saturated rings. The Morgan fingerprint density at radius 1 is 0.944 bits per heavy atom. The number of nitro groups is 2. The number of benzene rings is 3. The molecule has 3 aromatic carbocycles. The average Bonchev–Trinajstić information content (AvgIpc) is 2.85. The predicted octanol–water partition coefficient (Wildman–Crippen LogP) is 4.45. The normalized spacial score (nSPS) is 10.6. The Bertz CT molecular complexity index is 1340. The lowest BCUT2D eigenvalue weighted by Gasteiger charge is -2.11. The number of nitrogens with zero attached hydrogens (tertiary/aromatic N) is 3. The van der Waals surface area contributed by atoms with Crippen molar-refractivity contribution in [2.24, 2.45) is 5.10 Å². The molecule has 0 aliphatic rings. The van der Waals surface area contributed by atoms with Crippen LogP contribution < -0.4 is 19.6 Å². The van der Waals surface area contributed by atoms with E-state index >= 15 is 0 Å². The molecule has 1 N–H and O–H groups in total. The summed E-state index contributed by atoms with van der Waals surface area (Å²) in [6, 6.07) is 13.2. The van der Waals surface area contributed by atoms with Gasteiger partial charge < -0.3 is 14.2 Å². The molecule has 0 bridgehead atoms. The van der Waals surface area contributed by atoms with Crippen molar-refractivity contribution >= 4 is 23.5 Å². The van der Waals surface area contributed by atoms with Crippen molar-refractivity contribution in [1.29, 1.82) is 0 Å². The predicted molar refractivity (Wildman–Crippen MR) is 130 cm³/mol. The number of nitrogens with one attached hydrogen (secondary N) is 1. The molecule has 0 heterocycles. The summed E-state index contributed by atoms with van der Waals surface area (Å²) in [5.41, 5.74) is 4.06. The van der Waals surface area contributed by atoms with Gasteiger partial charge >= 0.3 is 5.69 Å². The first kappa shape index (κ1) is 25.6. The van der Waals surface area contributed by atoms with Gasteiger partial charge in [0, 0.05) is 6.07 Å². The fraction of sp³-hybridized carbons (Fsp3) is 0.167. The summed E-state index contributed by atoms with van der Waals surface area (Å²) in [7, 11) is 1.37. The lowest BCUT2D eigenvalue weighted by Crippen LogP contribution is -2.24. The molecule has 0 aromatic heterocycles. The number of rotatable bonds is 10. The van der Waals surface area contributed by atoms with E-state index in [9.17, 15) is 25.0 Å². The van der Waals surface area contributed by atoms with Gasteiger partial charge in [-0.15, -0.1) is 0 Å². The standard InChI is InChI=1S/C24H22N4O8/c1-15-4-7-19(10-16(15)2)35-14-24(29)26-25-13-17-5-8-22(23(11-17)34-3)36-21-9-6-18(27(30)31)12-20(21)28(32)33/h4-13H,14H2,1-3H3,(H,26,29)/b25-13+. The summed E-state index contributed by atoms with van der Waals surface area (Å²) in [5, 5.41) is 26.1. The van der Waals surface area contributed by atoms with E-state index < -0.39 is 27.1 Å². The molecule has 0 aliphatic heterocycles. The molecule has 0 atom stereocenters. The van der Waals surface area contributed by atoms with E-state index in [0.29, 0.717) is 11.3 Å². The number of methoxy groups -OCH3 is 1. The molecule has 0 spiro atoms. The Balaban J connectivity index is 1.65. The second-order valence-corrected chi connectivity index (χ2v) is 7.51. The zero-order valence-corrected chi connectivity index (χ0v) is 19.6. The van der Waals surface area contributed by atoms with Gasteiger partial charge in [0.25, 0.3) is 11.6 Å². The zero-order valence-electron chi connectivity index (χ0n) is 19.6. The summed E-state index contributed by atoms with van der Waals surface area (Å²) in [4.78, 5) is 32.7. The largest absolute Gasteiger partial charge is 0.493 e. The van der Waals surface area contributed by atoms with Gasteiger partial charge in [0.1, 0.15) is 5.75 Å². The van der Waals surface area contributed by atoms with Crippen LogP contribution in [0.4, 0.5) is 11.4 Å². The minimum atomic E-state index is -0.776. The Morgan fingerprint density at radius 2 is 1.69 bits per heavy atom. The maximum atomic E-state index is 12.0. The fourth-order valence-electron chi connectivity index (χ4n) is 2.98. The lowest BCUT2D eigenvalue weighted by molar-refractivity contribution is -0.394. The third-order valence-electron chi connectivity index (χ3n) is 5.01. The number of amides is 1. The van der Waals surface area contributed by atoms with Crippen LogP contribution in [0.1, 0.15) is 16.7 Å². The van der Waals surface area contributed by atoms with E-state index in [0.717, 1.165) is 29.3 Å². The van der Waals surface area contributed by atoms with E-state index in [2.05, 4.69) is 10.5 Å². The Morgan fingerprint density at radius 3 is 2.36 bits per heavy atom. The quantitative estimate of drug-likeness (QED) is 0.246. The number of hydrazone groups is 1. The molecule has 0 aliphatic carbocycles. The number of carbonyl (C=O) groups is 1. The molecule has 3 rings (SSSR count). The van der Waals surface area contributed by atoms with Gasteiger partial charge in [0.05, 0.1) is 29.2 Å². The number of aryl methyl sites for hydroxylation is 2. The third kappa shape index (κ3) is 6.53. The summed E-state index contributed by atoms with van der Waals surface area (Å²) in [6.07, 6.45) is 1.37. The van der Waals surface area contributed by atoms with Crippen molar-refractivity contribution in [2.75, 3.05) is 13.7 Å². The molecule has 1 amide bonds. The van der Waals surface area contributed by atoms with E-state index in [-0.39, 0.29) is 23.9 Å². The zero-order chi connectivity index (χ0) is 26.2. The Labute approximate surface area is 205 Å². The van der Waals surface area contributed by atoms with Crippen LogP contribution in [-0.4, -0.2) is 35.7 Å². The number of hydrogen-bond donors (Lipinski definition) is 1. The molecule has 186 valence electrons. The second-order valence-electron chi connectivity index (χ2n) is 7.51. The molecule has 0 saturated heterocycles. The Kier molecular flexibility index (Phi) is 8.13. The number of nitro benzene ring substituents is 2. The maximum absolute atomic E-state index is 12.0. The molecule has 0 radical (unpaired) electrons. The molecule has 36 heavy (non-hydrogen) atoms. The summed E-state index contributed by atoms with van der Waals surface area (Å²) in [6.45, 7) is 3.71. The highest BCUT2D eigenvalue weighted by atomic mass is 16.6. The van der Waals surface area contributed by atoms with E-state index in [1.165, 1.54) is 25.5 Å². The number of carbonyl (C=O) groups excluding carboxylic acids is 1. The van der Waals surface area contributed by atoms with Gasteiger partial charge in [-0.25, -0.2) is 5.43 Å². The van der Waals surface area contributed by atoms with Gasteiger partial charge in [0.15, 0.2) is 18.1 Å². The minimum Gasteiger partial charge on any atom is -0.493 e. The van der Waals surface area contributed by atoms with Gasteiger partial charge in [-0.1, -0.05) is 6.07 Å². The summed E-state index contributed by atoms with van der Waals surface area (Å²) < 4.78 is 16.3. The smallest absolute Gasteiger partial charge is 0.318 e. The number of hydrogen-bond acceptors (Lipinski definition) is 9. The van der Waals surface area contributed by atoms with Crippen molar-refractivity contribution in [3.8, 4) is 23.0 Å². The molecule has 0 unspecified atom stereocenters. The first-order chi connectivity index (χ1) is 17.2. The SMILES string of the molecule is COc1cc(/C=N/NC(=O)COc2ccc(C)c(C)c2)ccc1Oc1ccc([N+](=O)[O-])cc1[N+](=O)[O-]. The average molecular weight is 494 g/mol. The highest BCUT2D eigenvalue weighted by Gasteiger charge is 2.22. The molecule has 3 aromatic rings. The highest BCUT2D eigenvalue weighted by molar-refractivity contribution is 5.83. The monoisotopic (exact) mass is 494 g/mol. The third-order valence-corrected chi connectivity index (χ3v) is 5.01. The van der Waals surface area contributed by atoms with Gasteiger partial charge in [-0.3, -0.25) is 25.0 Å². The molecular formula is C24H22N4O8. The highest BCUT2D eigenvalue weighted by Crippen LogP contribution is 2.38. The van der Waals surface area contributed by atoms with Crippen molar-refractivity contribution in [3.63, 3.8) is 0 Å². The van der Waals surface area contributed by atoms with Crippen LogP contribution in [0.25, 0.3) is 0 Å². The minimum absolute atomic E-state index is 0.137. The van der Waals surface area contributed by atoms with Gasteiger partial charge in [-0.05, 0) is 66.9 Å². The molecule has 12 heteroatoms. The molecule has 0 saturated carbocycles. The molecule has 12 nitrogen and oxygen atoms in total. The van der Waals surface area contributed by atoms with Crippen molar-refractivity contribution < 1.29 is 28.9 Å². The van der Waals surface area contributed by atoms with Crippen LogP contribution in [-0.2, 0) is 4.79 Å². The number of ether oxygens (including phenoxy) is 3. The first-order valence-electron chi connectivity index (χ1n) is 10.5. The first-order valence-corrected chi connectivity index (χ1v) is 10.5.